The fraction of sp³-hybridized carbons (Fsp3) is 0.714. The lowest BCUT2D eigenvalue weighted by atomic mass is 9.33. The van der Waals surface area contributed by atoms with Crippen molar-refractivity contribution in [2.24, 2.45) is 56.7 Å². The highest BCUT2D eigenvalue weighted by atomic mass is 16.6. The Labute approximate surface area is 298 Å². The van der Waals surface area contributed by atoms with Crippen molar-refractivity contribution < 1.29 is 33.4 Å². The SMILES string of the molecule is CC(=O)OC[C@@]1(C)C2CC[C@]3(C)C(CC=C4C5[C@@H](C)[C@H](C)CC[C@]5(C(=O)Nc5ccccc5)CC[C@]43C)[C@@]2(C)C[C@@H](OC(C)=O)[C@@H]1OC(C)=O. The number of amides is 1. The Bertz CT molecular complexity index is 1560. The molecule has 1 amide bonds. The molecule has 1 aromatic rings. The van der Waals surface area contributed by atoms with E-state index in [-0.39, 0.29) is 52.5 Å². The lowest BCUT2D eigenvalue weighted by molar-refractivity contribution is -0.255. The molecule has 6 rings (SSSR count). The molecule has 0 spiro atoms. The Morgan fingerprint density at radius 2 is 1.50 bits per heavy atom. The summed E-state index contributed by atoms with van der Waals surface area (Å²) in [5.74, 6) is 0.227. The minimum Gasteiger partial charge on any atom is -0.465 e. The molecular weight excluding hydrogens is 630 g/mol. The maximum Gasteiger partial charge on any atom is 0.303 e. The highest BCUT2D eigenvalue weighted by Crippen LogP contribution is 2.76. The van der Waals surface area contributed by atoms with Crippen molar-refractivity contribution in [1.82, 2.24) is 0 Å². The van der Waals surface area contributed by atoms with Crippen LogP contribution < -0.4 is 5.32 Å². The first-order valence-corrected chi connectivity index (χ1v) is 19.0. The van der Waals surface area contributed by atoms with Crippen molar-refractivity contribution in [3.63, 3.8) is 0 Å². The lowest BCUT2D eigenvalue weighted by Crippen LogP contribution is -2.69. The van der Waals surface area contributed by atoms with Gasteiger partial charge in [0.05, 0.1) is 5.41 Å². The van der Waals surface area contributed by atoms with Gasteiger partial charge in [-0.15, -0.1) is 0 Å². The van der Waals surface area contributed by atoms with Gasteiger partial charge in [-0.3, -0.25) is 19.2 Å². The number of carbonyl (C=O) groups excluding carboxylic acids is 4. The second-order valence-electron chi connectivity index (χ2n) is 17.8. The van der Waals surface area contributed by atoms with Crippen LogP contribution in [0.25, 0.3) is 0 Å². The first-order chi connectivity index (χ1) is 23.4. The molecular formula is C42H59NO7. The molecule has 0 radical (unpaired) electrons. The van der Waals surface area contributed by atoms with Crippen LogP contribution >= 0.6 is 0 Å². The van der Waals surface area contributed by atoms with E-state index in [1.165, 1.54) is 26.3 Å². The Morgan fingerprint density at radius 3 is 2.14 bits per heavy atom. The molecule has 0 heterocycles. The summed E-state index contributed by atoms with van der Waals surface area (Å²) in [6.07, 6.45) is 8.08. The van der Waals surface area contributed by atoms with Crippen LogP contribution in [-0.4, -0.2) is 42.6 Å². The molecule has 1 aromatic carbocycles. The van der Waals surface area contributed by atoms with Crippen LogP contribution in [0.2, 0.25) is 0 Å². The first-order valence-electron chi connectivity index (χ1n) is 19.0. The van der Waals surface area contributed by atoms with Gasteiger partial charge < -0.3 is 19.5 Å². The Kier molecular flexibility index (Phi) is 9.38. The number of fused-ring (bicyclic) bond motifs is 7. The topological polar surface area (TPSA) is 108 Å². The van der Waals surface area contributed by atoms with E-state index in [2.05, 4.69) is 52.9 Å². The summed E-state index contributed by atoms with van der Waals surface area (Å²) in [5.41, 5.74) is 0.566. The molecule has 12 atom stereocenters. The molecule has 0 saturated heterocycles. The number of para-hydroxylation sites is 1. The summed E-state index contributed by atoms with van der Waals surface area (Å²) in [6.45, 7) is 18.4. The van der Waals surface area contributed by atoms with E-state index in [0.29, 0.717) is 18.3 Å². The summed E-state index contributed by atoms with van der Waals surface area (Å²) in [4.78, 5) is 51.8. The number of anilines is 1. The van der Waals surface area contributed by atoms with E-state index in [0.717, 1.165) is 50.6 Å². The summed E-state index contributed by atoms with van der Waals surface area (Å²) in [7, 11) is 0. The summed E-state index contributed by atoms with van der Waals surface area (Å²) in [5, 5.41) is 3.34. The number of esters is 3. The maximum absolute atomic E-state index is 14.5. The van der Waals surface area contributed by atoms with Crippen LogP contribution in [0, 0.1) is 56.7 Å². The van der Waals surface area contributed by atoms with Crippen LogP contribution in [0.4, 0.5) is 5.69 Å². The quantitative estimate of drug-likeness (QED) is 0.182. The van der Waals surface area contributed by atoms with Crippen molar-refractivity contribution in [2.45, 2.75) is 126 Å². The van der Waals surface area contributed by atoms with E-state index in [4.69, 9.17) is 14.2 Å². The van der Waals surface area contributed by atoms with Crippen LogP contribution in [0.1, 0.15) is 114 Å². The second-order valence-corrected chi connectivity index (χ2v) is 17.8. The Hall–Kier alpha value is -3.16. The largest absolute Gasteiger partial charge is 0.465 e. The number of hydrogen-bond acceptors (Lipinski definition) is 7. The predicted octanol–water partition coefficient (Wildman–Crippen LogP) is 8.30. The van der Waals surface area contributed by atoms with Gasteiger partial charge in [0.1, 0.15) is 18.8 Å². The minimum absolute atomic E-state index is 0.0510. The van der Waals surface area contributed by atoms with Crippen molar-refractivity contribution in [3.8, 4) is 0 Å². The van der Waals surface area contributed by atoms with Gasteiger partial charge >= 0.3 is 17.9 Å². The molecule has 3 unspecified atom stereocenters. The number of hydrogen-bond donors (Lipinski definition) is 1. The van der Waals surface area contributed by atoms with Gasteiger partial charge in [0.15, 0.2) is 0 Å². The van der Waals surface area contributed by atoms with Crippen molar-refractivity contribution in [2.75, 3.05) is 11.9 Å². The molecule has 0 bridgehead atoms. The van der Waals surface area contributed by atoms with Gasteiger partial charge in [0, 0.05) is 31.9 Å². The summed E-state index contributed by atoms with van der Waals surface area (Å²) in [6, 6.07) is 9.87. The average molecular weight is 690 g/mol. The Balaban J connectivity index is 1.43. The Morgan fingerprint density at radius 1 is 0.820 bits per heavy atom. The monoisotopic (exact) mass is 689 g/mol. The third kappa shape index (κ3) is 5.53. The lowest BCUT2D eigenvalue weighted by Gasteiger charge is -2.72. The number of rotatable bonds is 6. The van der Waals surface area contributed by atoms with Gasteiger partial charge in [-0.1, -0.05) is 71.4 Å². The summed E-state index contributed by atoms with van der Waals surface area (Å²) < 4.78 is 17.8. The molecule has 0 aromatic heterocycles. The molecule has 8 heteroatoms. The number of carbonyl (C=O) groups is 4. The number of nitrogens with one attached hydrogen (secondary N) is 1. The molecule has 4 saturated carbocycles. The van der Waals surface area contributed by atoms with E-state index in [1.807, 2.05) is 30.3 Å². The molecule has 1 N–H and O–H groups in total. The number of ether oxygens (including phenoxy) is 3. The van der Waals surface area contributed by atoms with Gasteiger partial charge in [0.25, 0.3) is 0 Å². The third-order valence-corrected chi connectivity index (χ3v) is 15.4. The highest BCUT2D eigenvalue weighted by molar-refractivity contribution is 5.96. The van der Waals surface area contributed by atoms with E-state index < -0.39 is 35.0 Å². The van der Waals surface area contributed by atoms with Gasteiger partial charge in [-0.2, -0.15) is 0 Å². The zero-order valence-corrected chi connectivity index (χ0v) is 31.7. The van der Waals surface area contributed by atoms with E-state index in [1.54, 1.807) is 0 Å². The van der Waals surface area contributed by atoms with Crippen LogP contribution in [-0.2, 0) is 33.4 Å². The smallest absolute Gasteiger partial charge is 0.303 e. The highest BCUT2D eigenvalue weighted by Gasteiger charge is 2.72. The second kappa shape index (κ2) is 12.8. The summed E-state index contributed by atoms with van der Waals surface area (Å²) >= 11 is 0. The normalized spacial score (nSPS) is 43.4. The average Bonchev–Trinajstić information content (AvgIpc) is 3.04. The number of allylic oxidation sites excluding steroid dienone is 2. The zero-order valence-electron chi connectivity index (χ0n) is 31.7. The van der Waals surface area contributed by atoms with Crippen molar-refractivity contribution >= 4 is 29.5 Å². The molecule has 274 valence electrons. The zero-order chi connectivity index (χ0) is 36.4. The van der Waals surface area contributed by atoms with Crippen molar-refractivity contribution in [3.05, 3.63) is 42.0 Å². The van der Waals surface area contributed by atoms with E-state index >= 15 is 0 Å². The van der Waals surface area contributed by atoms with Crippen LogP contribution in [0.3, 0.4) is 0 Å². The van der Waals surface area contributed by atoms with Crippen LogP contribution in [0.5, 0.6) is 0 Å². The van der Waals surface area contributed by atoms with Gasteiger partial charge in [-0.05, 0) is 109 Å². The van der Waals surface area contributed by atoms with Crippen molar-refractivity contribution in [1.29, 1.82) is 0 Å². The van der Waals surface area contributed by atoms with Gasteiger partial charge in [0.2, 0.25) is 5.91 Å². The molecule has 4 fully saturated rings. The predicted molar refractivity (Wildman–Crippen MR) is 191 cm³/mol. The standard InChI is InChI=1S/C42H59NO7/c1-25-17-20-42(37(47)43-30-13-11-10-12-14-30)22-21-40(8)31(35(42)26(25)2)15-16-34-38(6)23-32(49-28(4)45)36(50-29(5)46)39(7,24-48-27(3)44)33(38)18-19-41(34,40)9/h10-15,25-26,32-36H,16-24H2,1-9H3,(H,43,47)/t25-,26+,32-,33?,34?,35?,36+,38+,39+,40-,41-,42+/m1/s1. The molecule has 50 heavy (non-hydrogen) atoms. The molecule has 0 aliphatic heterocycles. The van der Waals surface area contributed by atoms with E-state index in [9.17, 15) is 19.2 Å². The van der Waals surface area contributed by atoms with Crippen LogP contribution in [0.15, 0.2) is 42.0 Å². The van der Waals surface area contributed by atoms with Gasteiger partial charge in [-0.25, -0.2) is 0 Å². The molecule has 5 aliphatic carbocycles. The number of benzene rings is 1. The minimum atomic E-state index is -0.763. The maximum atomic E-state index is 14.5. The molecule has 5 aliphatic rings. The molecule has 8 nitrogen and oxygen atoms in total. The fourth-order valence-electron chi connectivity index (χ4n) is 12.7. The fourth-order valence-corrected chi connectivity index (χ4v) is 12.7. The first kappa shape index (κ1) is 36.6. The third-order valence-electron chi connectivity index (χ3n) is 15.4.